The lowest BCUT2D eigenvalue weighted by Crippen LogP contribution is -2.35. The highest BCUT2D eigenvalue weighted by atomic mass is 16.3. The summed E-state index contributed by atoms with van der Waals surface area (Å²) in [6.45, 7) is 2.53. The first kappa shape index (κ1) is 24.1. The molecule has 4 aromatic rings. The molecule has 1 aliphatic heterocycles. The Morgan fingerprint density at radius 2 is 2.03 bits per heavy atom. The normalized spacial score (nSPS) is 15.7. The Balaban J connectivity index is 1.67. The number of pyridine rings is 1. The van der Waals surface area contributed by atoms with Gasteiger partial charge in [0.1, 0.15) is 12.1 Å². The van der Waals surface area contributed by atoms with E-state index in [1.807, 2.05) is 24.3 Å². The number of benzene rings is 2. The molecule has 2 aromatic heterocycles. The molecule has 1 fully saturated rings. The SMILES string of the molecule is CN(Cc1c(-c2cccc(CCO)c2)cnc2ncn(-c3cccc(O)c3)c(=O)c12)C[C@@H]1CCCN1. The first-order valence-corrected chi connectivity index (χ1v) is 12.3. The van der Waals surface area contributed by atoms with Crippen molar-refractivity contribution < 1.29 is 10.2 Å². The molecule has 1 aliphatic rings. The maximum Gasteiger partial charge on any atom is 0.267 e. The highest BCUT2D eigenvalue weighted by Gasteiger charge is 2.21. The highest BCUT2D eigenvalue weighted by molar-refractivity contribution is 5.86. The molecule has 8 heteroatoms. The Bertz CT molecular complexity index is 1430. The predicted molar refractivity (Wildman–Crippen MR) is 140 cm³/mol. The van der Waals surface area contributed by atoms with Crippen LogP contribution >= 0.6 is 0 Å². The molecule has 0 amide bonds. The molecule has 1 atom stereocenters. The number of nitrogens with zero attached hydrogens (tertiary/aromatic N) is 4. The number of nitrogens with one attached hydrogen (secondary N) is 1. The van der Waals surface area contributed by atoms with Crippen LogP contribution in [0.3, 0.4) is 0 Å². The second kappa shape index (κ2) is 10.6. The molecule has 186 valence electrons. The molecule has 0 spiro atoms. The summed E-state index contributed by atoms with van der Waals surface area (Å²) in [5.41, 5.74) is 4.43. The maximum atomic E-state index is 13.9. The first-order chi connectivity index (χ1) is 17.5. The van der Waals surface area contributed by atoms with E-state index >= 15 is 0 Å². The van der Waals surface area contributed by atoms with Gasteiger partial charge in [-0.15, -0.1) is 0 Å². The van der Waals surface area contributed by atoms with Crippen molar-refractivity contribution in [2.75, 3.05) is 26.7 Å². The molecule has 1 saturated heterocycles. The molecule has 3 N–H and O–H groups in total. The van der Waals surface area contributed by atoms with E-state index in [1.54, 1.807) is 30.5 Å². The van der Waals surface area contributed by atoms with Gasteiger partial charge < -0.3 is 20.4 Å². The molecular formula is C28H31N5O3. The first-order valence-electron chi connectivity index (χ1n) is 12.3. The Morgan fingerprint density at radius 1 is 1.17 bits per heavy atom. The van der Waals surface area contributed by atoms with Crippen molar-refractivity contribution in [3.8, 4) is 22.6 Å². The van der Waals surface area contributed by atoms with E-state index in [0.29, 0.717) is 35.7 Å². The molecule has 5 rings (SSSR count). The van der Waals surface area contributed by atoms with Crippen LogP contribution in [-0.4, -0.2) is 62.4 Å². The van der Waals surface area contributed by atoms with Crippen molar-refractivity contribution in [1.82, 2.24) is 24.8 Å². The van der Waals surface area contributed by atoms with Gasteiger partial charge in [0.05, 0.1) is 11.1 Å². The van der Waals surface area contributed by atoms with E-state index < -0.39 is 0 Å². The summed E-state index contributed by atoms with van der Waals surface area (Å²) in [7, 11) is 2.07. The van der Waals surface area contributed by atoms with E-state index in [2.05, 4.69) is 27.2 Å². The van der Waals surface area contributed by atoms with Gasteiger partial charge in [-0.25, -0.2) is 9.97 Å². The monoisotopic (exact) mass is 485 g/mol. The zero-order valence-electron chi connectivity index (χ0n) is 20.4. The summed E-state index contributed by atoms with van der Waals surface area (Å²) < 4.78 is 1.46. The van der Waals surface area contributed by atoms with Crippen molar-refractivity contribution in [3.05, 3.63) is 82.5 Å². The van der Waals surface area contributed by atoms with Gasteiger partial charge >= 0.3 is 0 Å². The number of hydrogen-bond donors (Lipinski definition) is 3. The van der Waals surface area contributed by atoms with Crippen LogP contribution in [0.4, 0.5) is 0 Å². The zero-order valence-corrected chi connectivity index (χ0v) is 20.4. The largest absolute Gasteiger partial charge is 0.508 e. The average molecular weight is 486 g/mol. The third-order valence-electron chi connectivity index (χ3n) is 6.76. The summed E-state index contributed by atoms with van der Waals surface area (Å²) in [5, 5.41) is 23.4. The predicted octanol–water partition coefficient (Wildman–Crippen LogP) is 2.87. The smallest absolute Gasteiger partial charge is 0.267 e. The second-order valence-corrected chi connectivity index (χ2v) is 9.45. The van der Waals surface area contributed by atoms with Crippen LogP contribution in [0.2, 0.25) is 0 Å². The minimum atomic E-state index is -0.228. The van der Waals surface area contributed by atoms with Crippen LogP contribution < -0.4 is 10.9 Å². The van der Waals surface area contributed by atoms with E-state index in [4.69, 9.17) is 0 Å². The summed E-state index contributed by atoms with van der Waals surface area (Å²) in [5.74, 6) is 0.0797. The van der Waals surface area contributed by atoms with Crippen LogP contribution in [0.5, 0.6) is 5.75 Å². The van der Waals surface area contributed by atoms with E-state index in [0.717, 1.165) is 41.8 Å². The summed E-state index contributed by atoms with van der Waals surface area (Å²) in [6, 6.07) is 15.0. The van der Waals surface area contributed by atoms with Gasteiger partial charge in [0.2, 0.25) is 0 Å². The number of phenolic OH excluding ortho intramolecular Hbond substituents is 1. The quantitative estimate of drug-likeness (QED) is 0.353. The van der Waals surface area contributed by atoms with E-state index in [9.17, 15) is 15.0 Å². The fourth-order valence-corrected chi connectivity index (χ4v) is 5.03. The fraction of sp³-hybridized carbons (Fsp3) is 0.321. The minimum absolute atomic E-state index is 0.0714. The Morgan fingerprint density at radius 3 is 2.81 bits per heavy atom. The molecular weight excluding hydrogens is 454 g/mol. The molecule has 0 bridgehead atoms. The molecule has 0 radical (unpaired) electrons. The molecule has 3 heterocycles. The molecule has 0 saturated carbocycles. The number of fused-ring (bicyclic) bond motifs is 1. The van der Waals surface area contributed by atoms with Crippen molar-refractivity contribution in [2.24, 2.45) is 0 Å². The lowest BCUT2D eigenvalue weighted by molar-refractivity contribution is 0.294. The number of aromatic nitrogens is 3. The second-order valence-electron chi connectivity index (χ2n) is 9.45. The third kappa shape index (κ3) is 5.02. The maximum absolute atomic E-state index is 13.9. The van der Waals surface area contributed by atoms with Gasteiger partial charge in [0.25, 0.3) is 5.56 Å². The topological polar surface area (TPSA) is 104 Å². The number of hydrogen-bond acceptors (Lipinski definition) is 7. The lowest BCUT2D eigenvalue weighted by Gasteiger charge is -2.23. The standard InChI is InChI=1S/C28H31N5O3/c1-32(16-21-7-4-11-29-21)17-25-24(20-6-2-5-19(13-20)10-12-34)15-30-27-26(25)28(36)33(18-31-27)22-8-3-9-23(35)14-22/h2-3,5-6,8-9,13-15,18,21,29,34-35H,4,7,10-12,16-17H2,1H3/t21-/m0/s1. The fourth-order valence-electron chi connectivity index (χ4n) is 5.03. The van der Waals surface area contributed by atoms with Gasteiger partial charge in [-0.3, -0.25) is 9.36 Å². The van der Waals surface area contributed by atoms with Crippen LogP contribution in [0, 0.1) is 0 Å². The van der Waals surface area contributed by atoms with Crippen LogP contribution in [0.15, 0.2) is 65.8 Å². The van der Waals surface area contributed by atoms with Crippen molar-refractivity contribution in [3.63, 3.8) is 0 Å². The number of aliphatic hydroxyl groups is 1. The number of likely N-dealkylation sites (N-methyl/N-ethyl adjacent to an activating group) is 1. The molecule has 0 aliphatic carbocycles. The van der Waals surface area contributed by atoms with Crippen molar-refractivity contribution in [1.29, 1.82) is 0 Å². The zero-order chi connectivity index (χ0) is 25.1. The Hall–Kier alpha value is -3.59. The molecule has 36 heavy (non-hydrogen) atoms. The van der Waals surface area contributed by atoms with Gasteiger partial charge in [0, 0.05) is 43.6 Å². The summed E-state index contributed by atoms with van der Waals surface area (Å²) in [6.07, 6.45) is 6.14. The van der Waals surface area contributed by atoms with E-state index in [-0.39, 0.29) is 17.9 Å². The Kier molecular flexibility index (Phi) is 7.09. The summed E-state index contributed by atoms with van der Waals surface area (Å²) in [4.78, 5) is 25.2. The summed E-state index contributed by atoms with van der Waals surface area (Å²) >= 11 is 0. The van der Waals surface area contributed by atoms with Crippen molar-refractivity contribution in [2.45, 2.75) is 31.8 Å². The van der Waals surface area contributed by atoms with Gasteiger partial charge in [-0.2, -0.15) is 0 Å². The van der Waals surface area contributed by atoms with Gasteiger partial charge in [0.15, 0.2) is 5.65 Å². The van der Waals surface area contributed by atoms with Crippen LogP contribution in [0.25, 0.3) is 27.8 Å². The Labute approximate surface area is 209 Å². The number of rotatable bonds is 8. The lowest BCUT2D eigenvalue weighted by atomic mass is 9.96. The molecule has 2 aromatic carbocycles. The molecule has 0 unspecified atom stereocenters. The number of aromatic hydroxyl groups is 1. The van der Waals surface area contributed by atoms with Crippen molar-refractivity contribution >= 4 is 11.0 Å². The number of phenols is 1. The van der Waals surface area contributed by atoms with Crippen LogP contribution in [0.1, 0.15) is 24.0 Å². The molecule has 8 nitrogen and oxygen atoms in total. The third-order valence-corrected chi connectivity index (χ3v) is 6.76. The van der Waals surface area contributed by atoms with Gasteiger partial charge in [-0.1, -0.05) is 30.3 Å². The van der Waals surface area contributed by atoms with Gasteiger partial charge in [-0.05, 0) is 61.7 Å². The number of aliphatic hydroxyl groups excluding tert-OH is 1. The highest BCUT2D eigenvalue weighted by Crippen LogP contribution is 2.29. The van der Waals surface area contributed by atoms with E-state index in [1.165, 1.54) is 17.3 Å². The van der Waals surface area contributed by atoms with Crippen LogP contribution in [-0.2, 0) is 13.0 Å². The average Bonchev–Trinajstić information content (AvgIpc) is 3.37. The minimum Gasteiger partial charge on any atom is -0.508 e.